The summed E-state index contributed by atoms with van der Waals surface area (Å²) in [6, 6.07) is 7.25. The molecule has 4 nitrogen and oxygen atoms in total. The molecule has 2 rings (SSSR count). The van der Waals surface area contributed by atoms with E-state index in [2.05, 4.69) is 30.8 Å². The highest BCUT2D eigenvalue weighted by Gasteiger charge is 2.28. The van der Waals surface area contributed by atoms with Crippen LogP contribution in [0.4, 0.5) is 0 Å². The molecule has 1 aliphatic heterocycles. The van der Waals surface area contributed by atoms with Gasteiger partial charge in [-0.2, -0.15) is 0 Å². The zero-order valence-electron chi connectivity index (χ0n) is 13.9. The molecular formula is C17H28N2O2S. The van der Waals surface area contributed by atoms with Crippen molar-refractivity contribution in [2.24, 2.45) is 11.3 Å². The van der Waals surface area contributed by atoms with E-state index >= 15 is 0 Å². The zero-order valence-corrected chi connectivity index (χ0v) is 14.7. The van der Waals surface area contributed by atoms with Crippen molar-refractivity contribution in [3.63, 3.8) is 0 Å². The molecule has 0 spiro atoms. The number of rotatable bonds is 6. The van der Waals surface area contributed by atoms with E-state index in [9.17, 15) is 8.42 Å². The molecule has 1 saturated heterocycles. The van der Waals surface area contributed by atoms with Crippen molar-refractivity contribution >= 4 is 10.0 Å². The Hall–Kier alpha value is -0.910. The first-order valence-corrected chi connectivity index (χ1v) is 9.58. The predicted molar refractivity (Wildman–Crippen MR) is 90.4 cm³/mol. The van der Waals surface area contributed by atoms with E-state index in [-0.39, 0.29) is 5.41 Å². The smallest absolute Gasteiger partial charge is 0.240 e. The van der Waals surface area contributed by atoms with Gasteiger partial charge in [0.25, 0.3) is 0 Å². The quantitative estimate of drug-likeness (QED) is 0.845. The number of hydrogen-bond acceptors (Lipinski definition) is 3. The molecule has 1 aliphatic rings. The molecule has 0 aliphatic carbocycles. The van der Waals surface area contributed by atoms with Crippen LogP contribution in [0.3, 0.4) is 0 Å². The molecule has 1 atom stereocenters. The van der Waals surface area contributed by atoms with Crippen molar-refractivity contribution in [3.05, 3.63) is 29.8 Å². The second kappa shape index (κ2) is 7.11. The summed E-state index contributed by atoms with van der Waals surface area (Å²) in [7, 11) is -3.42. The molecule has 2 N–H and O–H groups in total. The molecule has 5 heteroatoms. The van der Waals surface area contributed by atoms with Crippen LogP contribution in [0.5, 0.6) is 0 Å². The van der Waals surface area contributed by atoms with Gasteiger partial charge in [0.1, 0.15) is 0 Å². The lowest BCUT2D eigenvalue weighted by atomic mass is 9.83. The van der Waals surface area contributed by atoms with Crippen molar-refractivity contribution in [1.29, 1.82) is 0 Å². The molecule has 22 heavy (non-hydrogen) atoms. The maximum Gasteiger partial charge on any atom is 0.240 e. The first-order chi connectivity index (χ1) is 10.3. The fraction of sp³-hybridized carbons (Fsp3) is 0.647. The van der Waals surface area contributed by atoms with Gasteiger partial charge >= 0.3 is 0 Å². The maximum absolute atomic E-state index is 12.4. The van der Waals surface area contributed by atoms with Gasteiger partial charge in [-0.1, -0.05) is 32.9 Å². The minimum absolute atomic E-state index is 0.00288. The fourth-order valence-electron chi connectivity index (χ4n) is 2.90. The van der Waals surface area contributed by atoms with Crippen LogP contribution in [0, 0.1) is 11.3 Å². The van der Waals surface area contributed by atoms with Crippen molar-refractivity contribution < 1.29 is 8.42 Å². The van der Waals surface area contributed by atoms with E-state index in [1.54, 1.807) is 12.1 Å². The highest BCUT2D eigenvalue weighted by molar-refractivity contribution is 7.89. The van der Waals surface area contributed by atoms with Crippen molar-refractivity contribution in [1.82, 2.24) is 10.0 Å². The summed E-state index contributed by atoms with van der Waals surface area (Å²) >= 11 is 0. The Morgan fingerprint density at radius 2 is 1.95 bits per heavy atom. The van der Waals surface area contributed by atoms with Crippen LogP contribution in [0.1, 0.15) is 39.2 Å². The summed E-state index contributed by atoms with van der Waals surface area (Å²) in [5.74, 6) is 0.569. The average molecular weight is 324 g/mol. The average Bonchev–Trinajstić information content (AvgIpc) is 2.46. The lowest BCUT2D eigenvalue weighted by Gasteiger charge is -2.34. The first-order valence-electron chi connectivity index (χ1n) is 8.10. The Bertz CT molecular complexity index is 573. The third-order valence-corrected chi connectivity index (χ3v) is 5.67. The molecule has 0 aromatic heterocycles. The van der Waals surface area contributed by atoms with Gasteiger partial charge in [-0.3, -0.25) is 0 Å². The third kappa shape index (κ3) is 4.80. The second-order valence-electron chi connectivity index (χ2n) is 7.16. The molecule has 124 valence electrons. The van der Waals surface area contributed by atoms with Gasteiger partial charge in [0.2, 0.25) is 10.0 Å². The Labute approximate surface area is 134 Å². The van der Waals surface area contributed by atoms with Crippen LogP contribution >= 0.6 is 0 Å². The van der Waals surface area contributed by atoms with E-state index in [1.807, 2.05) is 12.1 Å². The molecule has 1 heterocycles. The highest BCUT2D eigenvalue weighted by Crippen LogP contribution is 2.25. The standard InChI is InChI=1S/C17H28N2O2S/c1-14(2)11-15-5-7-16(8-6-15)22(20,21)19-13-17(3)9-4-10-18-12-17/h5-8,14,18-19H,4,9-13H2,1-3H3. The summed E-state index contributed by atoms with van der Waals surface area (Å²) in [6.45, 7) is 8.82. The van der Waals surface area contributed by atoms with Gasteiger partial charge in [-0.15, -0.1) is 0 Å². The number of sulfonamides is 1. The Morgan fingerprint density at radius 1 is 1.27 bits per heavy atom. The van der Waals surface area contributed by atoms with Crippen molar-refractivity contribution in [3.8, 4) is 0 Å². The second-order valence-corrected chi connectivity index (χ2v) is 8.92. The molecule has 0 saturated carbocycles. The van der Waals surface area contributed by atoms with Gasteiger partial charge in [0, 0.05) is 13.1 Å². The monoisotopic (exact) mass is 324 g/mol. The summed E-state index contributed by atoms with van der Waals surface area (Å²) in [6.07, 6.45) is 3.12. The molecular weight excluding hydrogens is 296 g/mol. The Morgan fingerprint density at radius 3 is 2.50 bits per heavy atom. The van der Waals surface area contributed by atoms with Crippen LogP contribution in [-0.2, 0) is 16.4 Å². The summed E-state index contributed by atoms with van der Waals surface area (Å²) < 4.78 is 27.6. The number of piperidine rings is 1. The Balaban J connectivity index is 2.00. The van der Waals surface area contributed by atoms with E-state index in [0.29, 0.717) is 17.4 Å². The predicted octanol–water partition coefficient (Wildman–Crippen LogP) is 2.55. The molecule has 0 amide bonds. The van der Waals surface area contributed by atoms with Gasteiger partial charge in [-0.25, -0.2) is 13.1 Å². The summed E-state index contributed by atoms with van der Waals surface area (Å²) in [5, 5.41) is 3.34. The van der Waals surface area contributed by atoms with Crippen LogP contribution in [-0.4, -0.2) is 28.1 Å². The van der Waals surface area contributed by atoms with Crippen LogP contribution < -0.4 is 10.0 Å². The normalized spacial score (nSPS) is 22.9. The minimum atomic E-state index is -3.42. The van der Waals surface area contributed by atoms with Gasteiger partial charge < -0.3 is 5.32 Å². The summed E-state index contributed by atoms with van der Waals surface area (Å²) in [4.78, 5) is 0.354. The molecule has 0 radical (unpaired) electrons. The van der Waals surface area contributed by atoms with E-state index in [4.69, 9.17) is 0 Å². The fourth-order valence-corrected chi connectivity index (χ4v) is 4.10. The van der Waals surface area contributed by atoms with Gasteiger partial charge in [-0.05, 0) is 54.8 Å². The van der Waals surface area contributed by atoms with Crippen LogP contribution in [0.15, 0.2) is 29.2 Å². The Kier molecular flexibility index (Phi) is 5.64. The van der Waals surface area contributed by atoms with Crippen molar-refractivity contribution in [2.75, 3.05) is 19.6 Å². The molecule has 1 aromatic rings. The molecule has 0 bridgehead atoms. The molecule has 1 unspecified atom stereocenters. The van der Waals surface area contributed by atoms with Gasteiger partial charge in [0.15, 0.2) is 0 Å². The lowest BCUT2D eigenvalue weighted by molar-refractivity contribution is 0.238. The maximum atomic E-state index is 12.4. The van der Waals surface area contributed by atoms with E-state index < -0.39 is 10.0 Å². The molecule has 1 aromatic carbocycles. The first kappa shape index (κ1) is 17.4. The van der Waals surface area contributed by atoms with E-state index in [0.717, 1.165) is 32.4 Å². The number of hydrogen-bond donors (Lipinski definition) is 2. The largest absolute Gasteiger partial charge is 0.316 e. The van der Waals surface area contributed by atoms with Crippen LogP contribution in [0.2, 0.25) is 0 Å². The van der Waals surface area contributed by atoms with Crippen molar-refractivity contribution in [2.45, 2.75) is 44.9 Å². The van der Waals surface area contributed by atoms with Crippen LogP contribution in [0.25, 0.3) is 0 Å². The summed E-state index contributed by atoms with van der Waals surface area (Å²) in [5.41, 5.74) is 1.18. The third-order valence-electron chi connectivity index (χ3n) is 4.25. The van der Waals surface area contributed by atoms with Gasteiger partial charge in [0.05, 0.1) is 4.90 Å². The number of benzene rings is 1. The number of nitrogens with one attached hydrogen (secondary N) is 2. The minimum Gasteiger partial charge on any atom is -0.316 e. The SMILES string of the molecule is CC(C)Cc1ccc(S(=O)(=O)NCC2(C)CCCNC2)cc1. The van der Waals surface area contributed by atoms with E-state index in [1.165, 1.54) is 5.56 Å². The topological polar surface area (TPSA) is 58.2 Å². The lowest BCUT2D eigenvalue weighted by Crippen LogP contribution is -2.45. The zero-order chi connectivity index (χ0) is 16.2. The highest BCUT2D eigenvalue weighted by atomic mass is 32.2. The molecule has 1 fully saturated rings.